The van der Waals surface area contributed by atoms with Crippen LogP contribution in [-0.4, -0.2) is 49.4 Å². The fraction of sp³-hybridized carbons (Fsp3) is 1.00. The van der Waals surface area contributed by atoms with Crippen LogP contribution in [0, 0.1) is 0 Å². The third-order valence-corrected chi connectivity index (χ3v) is 3.85. The Hall–Kier alpha value is 3.77. The molecule has 0 aliphatic carbocycles. The first-order valence-corrected chi connectivity index (χ1v) is 36.0. The van der Waals surface area contributed by atoms with Gasteiger partial charge in [-0.2, -0.15) is 8.42 Å². The van der Waals surface area contributed by atoms with Crippen molar-refractivity contribution >= 4 is 78.0 Å². The van der Waals surface area contributed by atoms with E-state index in [9.17, 15) is 8.42 Å². The minimum absolute atomic E-state index is 0.118. The zero-order valence-electron chi connectivity index (χ0n) is 14.1. The predicted molar refractivity (Wildman–Crippen MR) is 98.8 cm³/mol. The Bertz CT molecular complexity index is 325. The Morgan fingerprint density at radius 3 is 1.33 bits per heavy atom. The second-order valence-electron chi connectivity index (χ2n) is 4.16. The van der Waals surface area contributed by atoms with Crippen LogP contribution in [0.1, 0.15) is 27.2 Å². The first kappa shape index (κ1) is 35.2. The standard InChI is InChI=1S/C9H21NO3S.7ClH.3Zn/c1-4-10(5-2,6-3)8-7-9-14(11,12)13;;;;;;;;;;/h4-9H2,1-3H3;7*1H;;;/q;;;;;;;;3*+2/p-6. The van der Waals surface area contributed by atoms with Crippen LogP contribution >= 0.6 is 67.8 Å². The van der Waals surface area contributed by atoms with Gasteiger partial charge in [0, 0.05) is 6.42 Å². The Kier molecular flexibility index (Phi) is 36.4. The van der Waals surface area contributed by atoms with Crippen LogP contribution in [0.25, 0.3) is 0 Å². The van der Waals surface area contributed by atoms with Gasteiger partial charge in [-0.1, -0.05) is 0 Å². The van der Waals surface area contributed by atoms with Gasteiger partial charge in [-0.25, -0.2) is 0 Å². The summed E-state index contributed by atoms with van der Waals surface area (Å²) < 4.78 is 30.6. The van der Waals surface area contributed by atoms with Crippen molar-refractivity contribution in [2.75, 3.05) is 31.9 Å². The van der Waals surface area contributed by atoms with Gasteiger partial charge in [0.2, 0.25) is 0 Å². The van der Waals surface area contributed by atoms with E-state index in [2.05, 4.69) is 20.8 Å². The molecule has 0 aromatic heterocycles. The predicted octanol–water partition coefficient (Wildman–Crippen LogP) is 5.96. The third-order valence-electron chi connectivity index (χ3n) is 3.05. The molecule has 0 heterocycles. The fourth-order valence-electron chi connectivity index (χ4n) is 1.73. The van der Waals surface area contributed by atoms with Gasteiger partial charge in [0.1, 0.15) is 0 Å². The average Bonchev–Trinajstić information content (AvgIpc) is 2.44. The van der Waals surface area contributed by atoms with Gasteiger partial charge in [-0.3, -0.25) is 4.55 Å². The van der Waals surface area contributed by atoms with Crippen molar-refractivity contribution in [1.82, 2.24) is 0 Å². The molecule has 0 bridgehead atoms. The van der Waals surface area contributed by atoms with Crippen molar-refractivity contribution in [2.45, 2.75) is 27.2 Å². The summed E-state index contributed by atoms with van der Waals surface area (Å²) >= 11 is -4.07. The quantitative estimate of drug-likeness (QED) is 0.207. The van der Waals surface area contributed by atoms with Crippen molar-refractivity contribution in [3.05, 3.63) is 0 Å². The first-order valence-electron chi connectivity index (χ1n) is 7.06. The molecule has 15 heteroatoms. The first-order chi connectivity index (χ1) is 10.9. The summed E-state index contributed by atoms with van der Waals surface area (Å²) in [6.07, 6.45) is 0.536. The monoisotopic (exact) mass is 661 g/mol. The van der Waals surface area contributed by atoms with E-state index in [1.54, 1.807) is 0 Å². The van der Waals surface area contributed by atoms with E-state index in [1.165, 1.54) is 0 Å². The van der Waals surface area contributed by atoms with E-state index in [0.717, 1.165) is 30.7 Å². The summed E-state index contributed by atoms with van der Waals surface area (Å²) in [6, 6.07) is 0. The number of nitrogens with zero attached hydrogens (tertiary/aromatic N) is 1. The summed E-state index contributed by atoms with van der Waals surface area (Å²) in [5.74, 6) is -0.118. The van der Waals surface area contributed by atoms with Crippen LogP contribution < -0.4 is 0 Å². The van der Waals surface area contributed by atoms with E-state index in [4.69, 9.17) is 72.4 Å². The average molecular weight is 669 g/mol. The van der Waals surface area contributed by atoms with Crippen molar-refractivity contribution in [1.29, 1.82) is 0 Å². The number of quaternary nitrogens is 1. The summed E-state index contributed by atoms with van der Waals surface area (Å²) in [6.45, 7) is 10.2. The molecule has 1 N–H and O–H groups in total. The molecule has 4 nitrogen and oxygen atoms in total. The van der Waals surface area contributed by atoms with Crippen LogP contribution in [0.3, 0.4) is 0 Å². The normalized spacial score (nSPS) is 9.62. The zero-order valence-corrected chi connectivity index (χ0v) is 29.1. The number of hydrogen-bond donors (Lipinski definition) is 1. The van der Waals surface area contributed by atoms with Gasteiger partial charge >= 0.3 is 111 Å². The van der Waals surface area contributed by atoms with Crippen LogP contribution in [0.2, 0.25) is 0 Å². The van der Waals surface area contributed by atoms with E-state index < -0.39 is 53.4 Å². The second kappa shape index (κ2) is 24.8. The Labute approximate surface area is 195 Å². The van der Waals surface area contributed by atoms with Crippen molar-refractivity contribution in [2.24, 2.45) is 0 Å². The molecule has 0 aromatic carbocycles. The molecule has 0 spiro atoms. The molecule has 0 rings (SSSR count). The minimum atomic E-state index is -3.78. The maximum atomic E-state index is 10.5. The Morgan fingerprint density at radius 1 is 0.917 bits per heavy atom. The Morgan fingerprint density at radius 2 is 1.17 bits per heavy atom. The molecular formula is C9H22Cl7NO3SZn3. The SMILES string of the molecule is CC[N+](CC)(CC)CCCS(=O)(=O)O.[Cl][Zn-]([Cl])[Cl].[Cl][Zn][Cl].[Cl][Zn][Cl]. The molecule has 142 valence electrons. The molecule has 24 heavy (non-hydrogen) atoms. The van der Waals surface area contributed by atoms with Gasteiger partial charge in [0.05, 0.1) is 31.9 Å². The van der Waals surface area contributed by atoms with Crippen LogP contribution in [0.5, 0.6) is 0 Å². The van der Waals surface area contributed by atoms with E-state index in [0.29, 0.717) is 6.42 Å². The molecule has 0 saturated heterocycles. The summed E-state index contributed by atoms with van der Waals surface area (Å²) in [5.41, 5.74) is 0. The second-order valence-corrected chi connectivity index (χ2v) is 28.8. The van der Waals surface area contributed by atoms with E-state index in [1.807, 2.05) is 0 Å². The molecule has 0 aromatic rings. The molecule has 0 saturated carbocycles. The number of rotatable bonds is 7. The number of hydrogen-bond acceptors (Lipinski definition) is 2. The van der Waals surface area contributed by atoms with Crippen molar-refractivity contribution < 1.29 is 60.7 Å². The zero-order chi connectivity index (χ0) is 20.2. The Balaban J connectivity index is -0.000000164. The fourth-order valence-corrected chi connectivity index (χ4v) is 2.22. The molecule has 0 radical (unpaired) electrons. The van der Waals surface area contributed by atoms with Gasteiger partial charge < -0.3 is 4.48 Å². The maximum absolute atomic E-state index is 10.5. The molecule has 0 aliphatic heterocycles. The van der Waals surface area contributed by atoms with E-state index in [-0.39, 0.29) is 5.75 Å². The molecular weight excluding hydrogens is 647 g/mol. The van der Waals surface area contributed by atoms with Crippen LogP contribution in [0.4, 0.5) is 0 Å². The molecule has 0 amide bonds. The van der Waals surface area contributed by atoms with Gasteiger partial charge in [0.15, 0.2) is 0 Å². The molecule has 0 fully saturated rings. The number of halogens is 7. The van der Waals surface area contributed by atoms with Gasteiger partial charge in [-0.05, 0) is 20.8 Å². The topological polar surface area (TPSA) is 54.4 Å². The van der Waals surface area contributed by atoms with Crippen LogP contribution in [-0.2, 0) is 53.4 Å². The van der Waals surface area contributed by atoms with E-state index >= 15 is 0 Å². The summed E-state index contributed by atoms with van der Waals surface area (Å²) in [4.78, 5) is 0. The van der Waals surface area contributed by atoms with Crippen molar-refractivity contribution in [3.63, 3.8) is 0 Å². The van der Waals surface area contributed by atoms with Gasteiger partial charge in [0.25, 0.3) is 10.1 Å². The van der Waals surface area contributed by atoms with Crippen LogP contribution in [0.15, 0.2) is 0 Å². The summed E-state index contributed by atoms with van der Waals surface area (Å²) in [7, 11) is 31.1. The third kappa shape index (κ3) is 36.7. The van der Waals surface area contributed by atoms with Gasteiger partial charge in [-0.15, -0.1) is 0 Å². The molecule has 0 atom stereocenters. The molecule has 0 aliphatic rings. The molecule has 0 unspecified atom stereocenters. The summed E-state index contributed by atoms with van der Waals surface area (Å²) in [5, 5.41) is 0. The van der Waals surface area contributed by atoms with Crippen molar-refractivity contribution in [3.8, 4) is 0 Å².